The number of unbranched alkanes of at least 4 members (excludes halogenated alkanes) is 10. The maximum Gasteiger partial charge on any atom is 0.309 e. The molecule has 232 valence electrons. The summed E-state index contributed by atoms with van der Waals surface area (Å²) in [5, 5.41) is 0. The molecular weight excluding hydrogens is 496 g/mol. The Morgan fingerprint density at radius 1 is 0.525 bits per heavy atom. The molecule has 0 radical (unpaired) electrons. The Balaban J connectivity index is 1.50. The molecule has 4 nitrogen and oxygen atoms in total. The van der Waals surface area contributed by atoms with Crippen LogP contribution in [-0.2, 0) is 19.1 Å². The number of rotatable bonds is 18. The fraction of sp³-hybridized carbons (Fsp3) is 0.944. The number of carbonyl (C=O) groups is 2. The van der Waals surface area contributed by atoms with E-state index in [0.717, 1.165) is 70.6 Å². The van der Waals surface area contributed by atoms with Gasteiger partial charge in [0, 0.05) is 0 Å². The van der Waals surface area contributed by atoms with Gasteiger partial charge in [0.2, 0.25) is 0 Å². The summed E-state index contributed by atoms with van der Waals surface area (Å²) in [6, 6.07) is 0. The van der Waals surface area contributed by atoms with Crippen molar-refractivity contribution in [1.82, 2.24) is 0 Å². The Kier molecular flexibility index (Phi) is 15.4. The molecule has 0 heterocycles. The van der Waals surface area contributed by atoms with Gasteiger partial charge in [-0.3, -0.25) is 9.59 Å². The van der Waals surface area contributed by atoms with E-state index in [1.165, 1.54) is 103 Å². The first-order chi connectivity index (χ1) is 19.5. The van der Waals surface area contributed by atoms with E-state index >= 15 is 0 Å². The maximum absolute atomic E-state index is 13.5. The van der Waals surface area contributed by atoms with Gasteiger partial charge in [-0.2, -0.15) is 0 Å². The van der Waals surface area contributed by atoms with Gasteiger partial charge in [0.15, 0.2) is 0 Å². The number of esters is 2. The molecule has 40 heavy (non-hydrogen) atoms. The maximum atomic E-state index is 13.5. The van der Waals surface area contributed by atoms with E-state index in [1.807, 2.05) is 0 Å². The normalized spacial score (nSPS) is 24.4. The molecule has 4 heteroatoms. The summed E-state index contributed by atoms with van der Waals surface area (Å²) >= 11 is 0. The first-order valence-electron chi connectivity index (χ1n) is 18.0. The van der Waals surface area contributed by atoms with Crippen LogP contribution in [0.5, 0.6) is 0 Å². The van der Waals surface area contributed by atoms with E-state index in [4.69, 9.17) is 9.47 Å². The van der Waals surface area contributed by atoms with Crippen LogP contribution in [0, 0.1) is 11.8 Å². The summed E-state index contributed by atoms with van der Waals surface area (Å²) in [6.45, 7) is 4.52. The zero-order valence-corrected chi connectivity index (χ0v) is 26.6. The van der Waals surface area contributed by atoms with Gasteiger partial charge in [-0.25, -0.2) is 0 Å². The molecule has 3 aliphatic carbocycles. The third-order valence-electron chi connectivity index (χ3n) is 10.5. The van der Waals surface area contributed by atoms with Crippen LogP contribution in [-0.4, -0.2) is 23.1 Å². The van der Waals surface area contributed by atoms with Gasteiger partial charge in [0.05, 0.1) is 11.8 Å². The first-order valence-corrected chi connectivity index (χ1v) is 18.0. The molecule has 2 atom stereocenters. The van der Waals surface area contributed by atoms with Crippen molar-refractivity contribution in [3.05, 3.63) is 0 Å². The molecule has 3 saturated carbocycles. The number of carbonyl (C=O) groups excluding carboxylic acids is 2. The highest BCUT2D eigenvalue weighted by atomic mass is 16.6. The lowest BCUT2D eigenvalue weighted by atomic mass is 9.78. The summed E-state index contributed by atoms with van der Waals surface area (Å²) in [5.74, 6) is -0.333. The monoisotopic (exact) mass is 560 g/mol. The molecule has 0 spiro atoms. The van der Waals surface area contributed by atoms with Crippen molar-refractivity contribution >= 4 is 11.9 Å². The minimum Gasteiger partial charge on any atom is -0.459 e. The molecule has 0 aromatic heterocycles. The van der Waals surface area contributed by atoms with E-state index in [9.17, 15) is 9.59 Å². The van der Waals surface area contributed by atoms with Gasteiger partial charge in [0.1, 0.15) is 11.2 Å². The molecule has 3 rings (SSSR count). The zero-order chi connectivity index (χ0) is 28.5. The molecule has 3 fully saturated rings. The van der Waals surface area contributed by atoms with E-state index in [1.54, 1.807) is 0 Å². The van der Waals surface area contributed by atoms with Crippen LogP contribution >= 0.6 is 0 Å². The van der Waals surface area contributed by atoms with Gasteiger partial charge in [0.25, 0.3) is 0 Å². The van der Waals surface area contributed by atoms with E-state index < -0.39 is 0 Å². The topological polar surface area (TPSA) is 52.6 Å². The lowest BCUT2D eigenvalue weighted by molar-refractivity contribution is -0.176. The highest BCUT2D eigenvalue weighted by molar-refractivity contribution is 5.77. The Morgan fingerprint density at radius 2 is 0.900 bits per heavy atom. The zero-order valence-electron chi connectivity index (χ0n) is 26.6. The van der Waals surface area contributed by atoms with Gasteiger partial charge in [-0.1, -0.05) is 97.3 Å². The summed E-state index contributed by atoms with van der Waals surface area (Å²) in [7, 11) is 0. The standard InChI is InChI=1S/C36H64O4/c1-3-5-7-9-11-15-24-35(26-17-13-18-27-35)39-33(37)31-22-21-23-32(30-31)34(38)40-36(28-19-14-20-29-36)25-16-12-10-8-6-4-2/h31-32H,3-30H2,1-2H3. The quantitative estimate of drug-likeness (QED) is 0.124. The summed E-state index contributed by atoms with van der Waals surface area (Å²) in [6.07, 6.45) is 31.8. The minimum atomic E-state index is -0.253. The molecule has 0 aromatic rings. The van der Waals surface area contributed by atoms with E-state index in [2.05, 4.69) is 13.8 Å². The highest BCUT2D eigenvalue weighted by Gasteiger charge is 2.42. The van der Waals surface area contributed by atoms with Gasteiger partial charge < -0.3 is 9.47 Å². The number of hydrogen-bond acceptors (Lipinski definition) is 4. The number of ether oxygens (including phenoxy) is 2. The Morgan fingerprint density at radius 3 is 1.30 bits per heavy atom. The summed E-state index contributed by atoms with van der Waals surface area (Å²) in [4.78, 5) is 27.1. The third kappa shape index (κ3) is 11.3. The molecule has 0 saturated heterocycles. The van der Waals surface area contributed by atoms with Crippen molar-refractivity contribution in [2.75, 3.05) is 0 Å². The highest BCUT2D eigenvalue weighted by Crippen LogP contribution is 2.41. The Hall–Kier alpha value is -1.06. The molecule has 0 aliphatic heterocycles. The first kappa shape index (κ1) is 33.4. The molecular formula is C36H64O4. The van der Waals surface area contributed by atoms with Crippen molar-refractivity contribution in [2.24, 2.45) is 11.8 Å². The summed E-state index contributed by atoms with van der Waals surface area (Å²) in [5.41, 5.74) is -0.506. The average molecular weight is 561 g/mol. The second kappa shape index (κ2) is 18.5. The molecule has 3 aliphatic rings. The predicted molar refractivity (Wildman–Crippen MR) is 165 cm³/mol. The Labute approximate surface area is 247 Å². The largest absolute Gasteiger partial charge is 0.459 e. The van der Waals surface area contributed by atoms with Crippen LogP contribution in [0.3, 0.4) is 0 Å². The van der Waals surface area contributed by atoms with Crippen LogP contribution < -0.4 is 0 Å². The fourth-order valence-corrected chi connectivity index (χ4v) is 7.86. The van der Waals surface area contributed by atoms with Crippen LogP contribution in [0.25, 0.3) is 0 Å². The van der Waals surface area contributed by atoms with Crippen molar-refractivity contribution in [2.45, 2.75) is 205 Å². The van der Waals surface area contributed by atoms with Crippen molar-refractivity contribution < 1.29 is 19.1 Å². The average Bonchev–Trinajstić information content (AvgIpc) is 2.98. The van der Waals surface area contributed by atoms with Gasteiger partial charge in [-0.05, 0) is 96.3 Å². The second-order valence-electron chi connectivity index (χ2n) is 13.9. The second-order valence-corrected chi connectivity index (χ2v) is 13.9. The SMILES string of the molecule is CCCCCCCCC1(OC(=O)C2CCCC(C(=O)OC3(CCCCCCCC)CCCCC3)C2)CCCCC1. The lowest BCUT2D eigenvalue weighted by Crippen LogP contribution is -2.42. The smallest absolute Gasteiger partial charge is 0.309 e. The Bertz CT molecular complexity index is 646. The molecule has 0 amide bonds. The van der Waals surface area contributed by atoms with Crippen LogP contribution in [0.1, 0.15) is 194 Å². The van der Waals surface area contributed by atoms with Crippen molar-refractivity contribution in [3.8, 4) is 0 Å². The van der Waals surface area contributed by atoms with Gasteiger partial charge >= 0.3 is 11.9 Å². The molecule has 0 bridgehead atoms. The lowest BCUT2D eigenvalue weighted by Gasteiger charge is -2.40. The van der Waals surface area contributed by atoms with E-state index in [0.29, 0.717) is 6.42 Å². The summed E-state index contributed by atoms with van der Waals surface area (Å²) < 4.78 is 12.9. The van der Waals surface area contributed by atoms with Crippen LogP contribution in [0.2, 0.25) is 0 Å². The molecule has 2 unspecified atom stereocenters. The van der Waals surface area contributed by atoms with Crippen molar-refractivity contribution in [3.63, 3.8) is 0 Å². The van der Waals surface area contributed by atoms with Gasteiger partial charge in [-0.15, -0.1) is 0 Å². The van der Waals surface area contributed by atoms with Crippen LogP contribution in [0.4, 0.5) is 0 Å². The number of hydrogen-bond donors (Lipinski definition) is 0. The van der Waals surface area contributed by atoms with Crippen LogP contribution in [0.15, 0.2) is 0 Å². The fourth-order valence-electron chi connectivity index (χ4n) is 7.86. The van der Waals surface area contributed by atoms with E-state index in [-0.39, 0.29) is 35.0 Å². The third-order valence-corrected chi connectivity index (χ3v) is 10.5. The predicted octanol–water partition coefficient (Wildman–Crippen LogP) is 10.8. The molecule has 0 N–H and O–H groups in total. The molecule has 0 aromatic carbocycles. The van der Waals surface area contributed by atoms with Crippen molar-refractivity contribution in [1.29, 1.82) is 0 Å². The minimum absolute atomic E-state index is 0.0233.